The summed E-state index contributed by atoms with van der Waals surface area (Å²) in [5.41, 5.74) is -0.924. The van der Waals surface area contributed by atoms with Crippen LogP contribution in [0.15, 0.2) is 0 Å². The third kappa shape index (κ3) is 1.34. The van der Waals surface area contributed by atoms with E-state index in [1.165, 1.54) is 6.92 Å². The Morgan fingerprint density at radius 2 is 2.17 bits per heavy atom. The molecule has 2 atom stereocenters. The van der Waals surface area contributed by atoms with Crippen molar-refractivity contribution in [2.24, 2.45) is 0 Å². The first-order chi connectivity index (χ1) is 5.52. The van der Waals surface area contributed by atoms with Gasteiger partial charge in [-0.2, -0.15) is 0 Å². The normalized spacial score (nSPS) is 32.8. The summed E-state index contributed by atoms with van der Waals surface area (Å²) < 4.78 is 9.65. The van der Waals surface area contributed by atoms with Gasteiger partial charge in [-0.15, -0.1) is 0 Å². The smallest absolute Gasteiger partial charge is 0.338 e. The van der Waals surface area contributed by atoms with Gasteiger partial charge in [0.2, 0.25) is 0 Å². The fourth-order valence-corrected chi connectivity index (χ4v) is 0.969. The molecule has 1 rings (SSSR count). The van der Waals surface area contributed by atoms with Gasteiger partial charge in [-0.3, -0.25) is 4.79 Å². The molecule has 0 saturated carbocycles. The van der Waals surface area contributed by atoms with E-state index in [2.05, 4.69) is 0 Å². The molecule has 0 N–H and O–H groups in total. The summed E-state index contributed by atoms with van der Waals surface area (Å²) in [7, 11) is 0. The van der Waals surface area contributed by atoms with Crippen LogP contribution in [0.1, 0.15) is 20.8 Å². The highest BCUT2D eigenvalue weighted by Crippen LogP contribution is 2.37. The van der Waals surface area contributed by atoms with E-state index in [1.54, 1.807) is 13.8 Å². The highest BCUT2D eigenvalue weighted by atomic mass is 16.7. The molecule has 68 valence electrons. The van der Waals surface area contributed by atoms with Crippen LogP contribution < -0.4 is 0 Å². The van der Waals surface area contributed by atoms with Gasteiger partial charge in [0, 0.05) is 0 Å². The lowest BCUT2D eigenvalue weighted by molar-refractivity contribution is -0.144. The fraction of sp³-hybridized carbons (Fsp3) is 0.750. The van der Waals surface area contributed by atoms with Crippen LogP contribution in [0.3, 0.4) is 0 Å². The van der Waals surface area contributed by atoms with E-state index in [-0.39, 0.29) is 5.78 Å². The van der Waals surface area contributed by atoms with Crippen LogP contribution in [0, 0.1) is 0 Å². The number of ketones is 1. The summed E-state index contributed by atoms with van der Waals surface area (Å²) in [5.74, 6) is -0.587. The first kappa shape index (κ1) is 9.19. The fourth-order valence-electron chi connectivity index (χ4n) is 0.969. The number of hydrogen-bond acceptors (Lipinski definition) is 4. The van der Waals surface area contributed by atoms with Crippen molar-refractivity contribution in [2.75, 3.05) is 6.61 Å². The average Bonchev–Trinajstić information content (AvgIpc) is 2.65. The van der Waals surface area contributed by atoms with Gasteiger partial charge in [0.25, 0.3) is 0 Å². The number of Topliss-reactive ketones (excluding diaryl/α,β-unsaturated/α-hetero) is 1. The second-order valence-electron chi connectivity index (χ2n) is 2.91. The van der Waals surface area contributed by atoms with Gasteiger partial charge in [-0.05, 0) is 20.8 Å². The van der Waals surface area contributed by atoms with E-state index < -0.39 is 17.7 Å². The molecule has 0 spiro atoms. The van der Waals surface area contributed by atoms with Crippen LogP contribution in [0.5, 0.6) is 0 Å². The van der Waals surface area contributed by atoms with Crippen LogP contribution in [-0.4, -0.2) is 30.1 Å². The lowest BCUT2D eigenvalue weighted by Crippen LogP contribution is -2.26. The number of carbonyl (C=O) groups is 2. The van der Waals surface area contributed by atoms with E-state index in [4.69, 9.17) is 9.47 Å². The molecule has 0 bridgehead atoms. The largest absolute Gasteiger partial charge is 0.464 e. The predicted octanol–water partition coefficient (Wildman–Crippen LogP) is 0.296. The van der Waals surface area contributed by atoms with E-state index in [9.17, 15) is 9.59 Å². The zero-order chi connectivity index (χ0) is 9.35. The zero-order valence-electron chi connectivity index (χ0n) is 7.42. The maximum atomic E-state index is 11.0. The molecule has 0 aliphatic carbocycles. The van der Waals surface area contributed by atoms with E-state index in [1.807, 2.05) is 0 Å². The number of rotatable bonds is 3. The highest BCUT2D eigenvalue weighted by Gasteiger charge is 2.61. The van der Waals surface area contributed by atoms with E-state index in [0.717, 1.165) is 0 Å². The molecule has 1 aliphatic heterocycles. The van der Waals surface area contributed by atoms with Crippen LogP contribution in [0.25, 0.3) is 0 Å². The summed E-state index contributed by atoms with van der Waals surface area (Å²) in [6, 6.07) is 0. The summed E-state index contributed by atoms with van der Waals surface area (Å²) in [6.45, 7) is 5.02. The second-order valence-corrected chi connectivity index (χ2v) is 2.91. The van der Waals surface area contributed by atoms with Gasteiger partial charge >= 0.3 is 5.97 Å². The molecule has 1 saturated heterocycles. The van der Waals surface area contributed by atoms with Crippen molar-refractivity contribution in [1.82, 2.24) is 0 Å². The quantitative estimate of drug-likeness (QED) is 0.453. The molecular weight excluding hydrogens is 160 g/mol. The molecule has 0 radical (unpaired) electrons. The summed E-state index contributed by atoms with van der Waals surface area (Å²) in [5, 5.41) is 0. The second kappa shape index (κ2) is 2.86. The van der Waals surface area contributed by atoms with E-state index >= 15 is 0 Å². The third-order valence-corrected chi connectivity index (χ3v) is 2.01. The molecule has 4 heteroatoms. The molecule has 0 aromatic rings. The minimum atomic E-state index is -0.924. The maximum Gasteiger partial charge on any atom is 0.338 e. The van der Waals surface area contributed by atoms with Crippen molar-refractivity contribution < 1.29 is 19.1 Å². The molecule has 0 amide bonds. The van der Waals surface area contributed by atoms with Gasteiger partial charge in [-0.1, -0.05) is 0 Å². The number of carbonyl (C=O) groups excluding carboxylic acids is 2. The van der Waals surface area contributed by atoms with Crippen molar-refractivity contribution in [3.8, 4) is 0 Å². The van der Waals surface area contributed by atoms with Gasteiger partial charge in [0.1, 0.15) is 0 Å². The minimum Gasteiger partial charge on any atom is -0.464 e. The average molecular weight is 172 g/mol. The van der Waals surface area contributed by atoms with Gasteiger partial charge in [0.15, 0.2) is 17.5 Å². The van der Waals surface area contributed by atoms with Crippen molar-refractivity contribution in [1.29, 1.82) is 0 Å². The Kier molecular flexibility index (Phi) is 2.19. The first-order valence-corrected chi connectivity index (χ1v) is 3.88. The van der Waals surface area contributed by atoms with E-state index in [0.29, 0.717) is 6.61 Å². The Bertz CT molecular complexity index is 223. The molecule has 0 aromatic heterocycles. The monoisotopic (exact) mass is 172 g/mol. The van der Waals surface area contributed by atoms with Crippen LogP contribution in [0.4, 0.5) is 0 Å². The topological polar surface area (TPSA) is 55.9 Å². The number of hydrogen-bond donors (Lipinski definition) is 0. The zero-order valence-corrected chi connectivity index (χ0v) is 7.42. The Labute approximate surface area is 70.8 Å². The Morgan fingerprint density at radius 1 is 1.58 bits per heavy atom. The van der Waals surface area contributed by atoms with Gasteiger partial charge < -0.3 is 9.47 Å². The molecule has 0 aromatic carbocycles. The van der Waals surface area contributed by atoms with Crippen LogP contribution >= 0.6 is 0 Å². The summed E-state index contributed by atoms with van der Waals surface area (Å²) >= 11 is 0. The lowest BCUT2D eigenvalue weighted by atomic mass is 10.0. The van der Waals surface area contributed by atoms with Crippen molar-refractivity contribution in [3.05, 3.63) is 0 Å². The number of esters is 1. The summed E-state index contributed by atoms with van der Waals surface area (Å²) in [4.78, 5) is 21.9. The number of ether oxygens (including phenoxy) is 2. The highest BCUT2D eigenvalue weighted by molar-refractivity contribution is 5.96. The molecular formula is C8H12O4. The molecule has 4 nitrogen and oxygen atoms in total. The van der Waals surface area contributed by atoms with Crippen LogP contribution in [-0.2, 0) is 19.1 Å². The van der Waals surface area contributed by atoms with Crippen LogP contribution in [0.2, 0.25) is 0 Å². The minimum absolute atomic E-state index is 0.138. The molecule has 1 fully saturated rings. The Balaban J connectivity index is 2.51. The first-order valence-electron chi connectivity index (χ1n) is 3.88. The van der Waals surface area contributed by atoms with Crippen molar-refractivity contribution >= 4 is 11.8 Å². The molecule has 1 heterocycles. The Hall–Kier alpha value is -0.900. The van der Waals surface area contributed by atoms with Crippen molar-refractivity contribution in [2.45, 2.75) is 32.5 Å². The molecule has 12 heavy (non-hydrogen) atoms. The van der Waals surface area contributed by atoms with Gasteiger partial charge in [0.05, 0.1) is 6.61 Å². The SMILES string of the molecule is CCOC(=O)C1OC1(C)C(C)=O. The van der Waals surface area contributed by atoms with Gasteiger partial charge in [-0.25, -0.2) is 4.79 Å². The summed E-state index contributed by atoms with van der Waals surface area (Å²) in [6.07, 6.45) is -0.685. The third-order valence-electron chi connectivity index (χ3n) is 2.01. The molecule has 1 aliphatic rings. The number of epoxide rings is 1. The predicted molar refractivity (Wildman–Crippen MR) is 40.6 cm³/mol. The molecule has 2 unspecified atom stereocenters. The standard InChI is InChI=1S/C8H12O4/c1-4-11-7(10)6-8(3,12-6)5(2)9/h6H,4H2,1-3H3. The lowest BCUT2D eigenvalue weighted by Gasteiger charge is -1.99. The maximum absolute atomic E-state index is 11.0. The Morgan fingerprint density at radius 3 is 2.50 bits per heavy atom. The van der Waals surface area contributed by atoms with Crippen molar-refractivity contribution in [3.63, 3.8) is 0 Å².